The largest absolute Gasteiger partial charge is 0.316 e. The third kappa shape index (κ3) is 5.11. The number of aryl methyl sites for hydroxylation is 2. The summed E-state index contributed by atoms with van der Waals surface area (Å²) in [4.78, 5) is 18.0. The maximum atomic E-state index is 12.8. The summed E-state index contributed by atoms with van der Waals surface area (Å²) in [7, 11) is -2.04. The van der Waals surface area contributed by atoms with Crippen LogP contribution in [0.3, 0.4) is 0 Å². The van der Waals surface area contributed by atoms with Gasteiger partial charge in [0.1, 0.15) is 0 Å². The van der Waals surface area contributed by atoms with E-state index >= 15 is 0 Å². The van der Waals surface area contributed by atoms with Crippen LogP contribution in [0.25, 0.3) is 10.2 Å². The van der Waals surface area contributed by atoms with Gasteiger partial charge in [0.25, 0.3) is 5.91 Å². The number of hydrogen-bond acceptors (Lipinski definition) is 5. The number of rotatable bonds is 7. The molecule has 0 bridgehead atoms. The van der Waals surface area contributed by atoms with Crippen LogP contribution in [0.5, 0.6) is 0 Å². The van der Waals surface area contributed by atoms with Crippen LogP contribution in [0, 0.1) is 6.92 Å². The van der Waals surface area contributed by atoms with Gasteiger partial charge in [-0.2, -0.15) is 21.1 Å². The summed E-state index contributed by atoms with van der Waals surface area (Å²) in [6, 6.07) is 12.0. The molecule has 9 heteroatoms. The van der Waals surface area contributed by atoms with Crippen LogP contribution in [-0.2, 0) is 16.6 Å². The second-order valence-corrected chi connectivity index (χ2v) is 11.5. The van der Waals surface area contributed by atoms with Gasteiger partial charge in [0.2, 0.25) is 10.0 Å². The van der Waals surface area contributed by atoms with Crippen molar-refractivity contribution in [2.45, 2.75) is 38.3 Å². The molecule has 0 unspecified atom stereocenters. The van der Waals surface area contributed by atoms with Crippen LogP contribution in [-0.4, -0.2) is 48.3 Å². The molecule has 0 fully saturated rings. The van der Waals surface area contributed by atoms with Crippen LogP contribution >= 0.6 is 23.1 Å². The van der Waals surface area contributed by atoms with E-state index in [0.717, 1.165) is 28.1 Å². The van der Waals surface area contributed by atoms with Crippen molar-refractivity contribution < 1.29 is 13.2 Å². The Morgan fingerprint density at radius 1 is 1.19 bits per heavy atom. The van der Waals surface area contributed by atoms with Gasteiger partial charge in [-0.1, -0.05) is 17.4 Å². The number of thiazole rings is 1. The predicted molar refractivity (Wildman–Crippen MR) is 129 cm³/mol. The second kappa shape index (κ2) is 9.68. The predicted octanol–water partition coefficient (Wildman–Crippen LogP) is 4.14. The highest BCUT2D eigenvalue weighted by Crippen LogP contribution is 2.20. The SMILES string of the molecule is CSCCn1c(=NC(=O)c2ccc(S(=O)(=O)N(C)C(C)C)cc2)sc2cc(C)ccc21. The average molecular weight is 478 g/mol. The van der Waals surface area contributed by atoms with Gasteiger partial charge in [-0.05, 0) is 69.0 Å². The molecule has 0 N–H and O–H groups in total. The summed E-state index contributed by atoms with van der Waals surface area (Å²) in [5.41, 5.74) is 2.58. The van der Waals surface area contributed by atoms with E-state index in [9.17, 15) is 13.2 Å². The number of hydrogen-bond donors (Lipinski definition) is 0. The zero-order chi connectivity index (χ0) is 22.8. The fraction of sp³-hybridized carbons (Fsp3) is 0.364. The summed E-state index contributed by atoms with van der Waals surface area (Å²) in [6.07, 6.45) is 2.05. The molecule has 0 radical (unpaired) electrons. The van der Waals surface area contributed by atoms with E-state index in [0.29, 0.717) is 10.4 Å². The molecule has 6 nitrogen and oxygen atoms in total. The summed E-state index contributed by atoms with van der Waals surface area (Å²) < 4.78 is 29.7. The van der Waals surface area contributed by atoms with E-state index in [1.54, 1.807) is 18.8 Å². The molecule has 0 spiro atoms. The first kappa shape index (κ1) is 23.7. The fourth-order valence-corrected chi connectivity index (χ4v) is 5.91. The van der Waals surface area contributed by atoms with Crippen LogP contribution in [0.4, 0.5) is 0 Å². The zero-order valence-corrected chi connectivity index (χ0v) is 20.8. The first-order valence-electron chi connectivity index (χ1n) is 9.91. The quantitative estimate of drug-likeness (QED) is 0.513. The topological polar surface area (TPSA) is 71.7 Å². The molecule has 0 atom stereocenters. The Bertz CT molecular complexity index is 1260. The van der Waals surface area contributed by atoms with Crippen molar-refractivity contribution in [3.05, 3.63) is 58.4 Å². The molecule has 0 saturated carbocycles. The van der Waals surface area contributed by atoms with Crippen molar-refractivity contribution in [3.63, 3.8) is 0 Å². The van der Waals surface area contributed by atoms with E-state index in [-0.39, 0.29) is 16.8 Å². The highest BCUT2D eigenvalue weighted by molar-refractivity contribution is 7.98. The molecule has 0 aliphatic heterocycles. The molecular weight excluding hydrogens is 450 g/mol. The lowest BCUT2D eigenvalue weighted by Gasteiger charge is -2.20. The molecule has 0 aliphatic rings. The number of sulfonamides is 1. The normalized spacial score (nSPS) is 12.9. The Morgan fingerprint density at radius 3 is 2.48 bits per heavy atom. The Labute approximate surface area is 191 Å². The summed E-state index contributed by atoms with van der Waals surface area (Å²) in [5.74, 6) is 0.527. The molecule has 1 amide bonds. The molecule has 0 saturated heterocycles. The van der Waals surface area contributed by atoms with Crippen molar-refractivity contribution >= 4 is 49.2 Å². The van der Waals surface area contributed by atoms with Gasteiger partial charge in [-0.3, -0.25) is 4.79 Å². The molecule has 31 heavy (non-hydrogen) atoms. The fourth-order valence-electron chi connectivity index (χ4n) is 3.03. The van der Waals surface area contributed by atoms with E-state index in [1.165, 1.54) is 39.9 Å². The number of aromatic nitrogens is 1. The van der Waals surface area contributed by atoms with Crippen LogP contribution < -0.4 is 4.80 Å². The summed E-state index contributed by atoms with van der Waals surface area (Å²) >= 11 is 3.23. The van der Waals surface area contributed by atoms with Gasteiger partial charge in [-0.25, -0.2) is 8.42 Å². The molecule has 3 rings (SSSR count). The first-order valence-corrected chi connectivity index (χ1v) is 13.6. The third-order valence-electron chi connectivity index (χ3n) is 5.06. The van der Waals surface area contributed by atoms with Gasteiger partial charge in [-0.15, -0.1) is 0 Å². The maximum absolute atomic E-state index is 12.8. The summed E-state index contributed by atoms with van der Waals surface area (Å²) in [5, 5.41) is 0. The Balaban J connectivity index is 1.98. The van der Waals surface area contributed by atoms with Gasteiger partial charge >= 0.3 is 0 Å². The van der Waals surface area contributed by atoms with Crippen molar-refractivity contribution in [2.24, 2.45) is 4.99 Å². The summed E-state index contributed by atoms with van der Waals surface area (Å²) in [6.45, 7) is 6.43. The van der Waals surface area contributed by atoms with Crippen LogP contribution in [0.2, 0.25) is 0 Å². The van der Waals surface area contributed by atoms with E-state index in [2.05, 4.69) is 27.8 Å². The minimum absolute atomic E-state index is 0.158. The molecular formula is C22H27N3O3S3. The number of thioether (sulfide) groups is 1. The minimum atomic E-state index is -3.59. The third-order valence-corrected chi connectivity index (χ3v) is 8.74. The van der Waals surface area contributed by atoms with Crippen molar-refractivity contribution in [3.8, 4) is 0 Å². The maximum Gasteiger partial charge on any atom is 0.279 e. The average Bonchev–Trinajstić information content (AvgIpc) is 3.07. The standard InChI is InChI=1S/C22H27N3O3S3/c1-15(2)24(4)31(27,28)18-9-7-17(8-10-18)21(26)23-22-25(12-13-29-5)19-11-6-16(3)14-20(19)30-22/h6-11,14-15H,12-13H2,1-5H3. The zero-order valence-electron chi connectivity index (χ0n) is 18.3. The van der Waals surface area contributed by atoms with Gasteiger partial charge < -0.3 is 4.57 Å². The number of amides is 1. The molecule has 1 aromatic heterocycles. The molecule has 2 aromatic carbocycles. The number of benzene rings is 2. The lowest BCUT2D eigenvalue weighted by Crippen LogP contribution is -2.33. The number of carbonyl (C=O) groups is 1. The van der Waals surface area contributed by atoms with Crippen molar-refractivity contribution in [1.82, 2.24) is 8.87 Å². The molecule has 1 heterocycles. The number of fused-ring (bicyclic) bond motifs is 1. The van der Waals surface area contributed by atoms with E-state index in [1.807, 2.05) is 27.0 Å². The molecule has 166 valence electrons. The highest BCUT2D eigenvalue weighted by atomic mass is 32.2. The first-order chi connectivity index (χ1) is 14.6. The lowest BCUT2D eigenvalue weighted by molar-refractivity contribution is 0.0997. The smallest absolute Gasteiger partial charge is 0.279 e. The number of nitrogens with zero attached hydrogens (tertiary/aromatic N) is 3. The second-order valence-electron chi connectivity index (χ2n) is 7.56. The minimum Gasteiger partial charge on any atom is -0.316 e. The number of carbonyl (C=O) groups excluding carboxylic acids is 1. The Morgan fingerprint density at radius 2 is 1.87 bits per heavy atom. The monoisotopic (exact) mass is 477 g/mol. The lowest BCUT2D eigenvalue weighted by atomic mass is 10.2. The van der Waals surface area contributed by atoms with E-state index < -0.39 is 10.0 Å². The molecule has 3 aromatic rings. The van der Waals surface area contributed by atoms with Gasteiger partial charge in [0.05, 0.1) is 15.1 Å². The van der Waals surface area contributed by atoms with Crippen LogP contribution in [0.15, 0.2) is 52.4 Å². The van der Waals surface area contributed by atoms with Crippen LogP contribution in [0.1, 0.15) is 29.8 Å². The van der Waals surface area contributed by atoms with Gasteiger partial charge in [0.15, 0.2) is 4.80 Å². The van der Waals surface area contributed by atoms with Crippen molar-refractivity contribution in [1.29, 1.82) is 0 Å². The Hall–Kier alpha value is -1.94. The van der Waals surface area contributed by atoms with Crippen molar-refractivity contribution in [2.75, 3.05) is 19.1 Å². The molecule has 0 aliphatic carbocycles. The Kier molecular flexibility index (Phi) is 7.41. The highest BCUT2D eigenvalue weighted by Gasteiger charge is 2.23. The van der Waals surface area contributed by atoms with Gasteiger partial charge in [0, 0.05) is 31.0 Å². The van der Waals surface area contributed by atoms with E-state index in [4.69, 9.17) is 0 Å².